The van der Waals surface area contributed by atoms with E-state index in [0.717, 1.165) is 30.6 Å². The van der Waals surface area contributed by atoms with Crippen molar-refractivity contribution < 1.29 is 0 Å². The molecule has 3 aromatic rings. The van der Waals surface area contributed by atoms with Crippen LogP contribution in [0.4, 0.5) is 0 Å². The van der Waals surface area contributed by atoms with E-state index in [0.29, 0.717) is 6.54 Å². The summed E-state index contributed by atoms with van der Waals surface area (Å²) in [7, 11) is 0. The van der Waals surface area contributed by atoms with E-state index in [1.165, 1.54) is 22.5 Å². The van der Waals surface area contributed by atoms with Crippen molar-refractivity contribution >= 4 is 5.65 Å². The maximum Gasteiger partial charge on any atom is 0.137 e. The van der Waals surface area contributed by atoms with Crippen molar-refractivity contribution in [2.24, 2.45) is 5.73 Å². The number of rotatable bonds is 5. The van der Waals surface area contributed by atoms with Gasteiger partial charge < -0.3 is 10.1 Å². The maximum atomic E-state index is 5.72. The maximum absolute atomic E-state index is 5.72. The third kappa shape index (κ3) is 2.64. The molecule has 0 unspecified atom stereocenters. The molecule has 0 aliphatic heterocycles. The van der Waals surface area contributed by atoms with E-state index in [2.05, 4.69) is 60.7 Å². The standard InChI is InChI=1S/C19H23N3/c1-3-15-9-11-16(12-10-15)19-17(7-5-13-20)22-14(2)6-4-8-18(22)21-19/h4,6,8-12H,3,5,7,13,20H2,1-2H3. The van der Waals surface area contributed by atoms with Crippen molar-refractivity contribution in [2.45, 2.75) is 33.1 Å². The third-order valence-corrected chi connectivity index (χ3v) is 4.19. The van der Waals surface area contributed by atoms with Crippen molar-refractivity contribution in [3.05, 3.63) is 59.4 Å². The molecule has 0 bridgehead atoms. The first kappa shape index (κ1) is 14.8. The van der Waals surface area contributed by atoms with Gasteiger partial charge in [0, 0.05) is 11.3 Å². The Bertz CT molecular complexity index is 769. The van der Waals surface area contributed by atoms with Crippen LogP contribution in [0.25, 0.3) is 16.9 Å². The van der Waals surface area contributed by atoms with Gasteiger partial charge in [-0.05, 0) is 50.4 Å². The molecule has 3 rings (SSSR count). The molecular formula is C19H23N3. The highest BCUT2D eigenvalue weighted by Gasteiger charge is 2.14. The van der Waals surface area contributed by atoms with Crippen molar-refractivity contribution in [1.82, 2.24) is 9.38 Å². The Kier molecular flexibility index (Phi) is 4.25. The number of hydrogen-bond donors (Lipinski definition) is 1. The van der Waals surface area contributed by atoms with Gasteiger partial charge in [-0.15, -0.1) is 0 Å². The Morgan fingerprint density at radius 3 is 2.55 bits per heavy atom. The predicted octanol–water partition coefficient (Wildman–Crippen LogP) is 3.76. The predicted molar refractivity (Wildman–Crippen MR) is 92.1 cm³/mol. The molecule has 0 amide bonds. The van der Waals surface area contributed by atoms with Crippen molar-refractivity contribution in [2.75, 3.05) is 6.54 Å². The Labute approximate surface area is 131 Å². The lowest BCUT2D eigenvalue weighted by molar-refractivity contribution is 0.798. The van der Waals surface area contributed by atoms with Crippen LogP contribution in [0.3, 0.4) is 0 Å². The van der Waals surface area contributed by atoms with Gasteiger partial charge in [-0.3, -0.25) is 0 Å². The van der Waals surface area contributed by atoms with Gasteiger partial charge in [0.05, 0.1) is 11.4 Å². The molecule has 0 aliphatic carbocycles. The summed E-state index contributed by atoms with van der Waals surface area (Å²) in [6.45, 7) is 5.01. The summed E-state index contributed by atoms with van der Waals surface area (Å²) in [6, 6.07) is 15.0. The third-order valence-electron chi connectivity index (χ3n) is 4.19. The van der Waals surface area contributed by atoms with Crippen molar-refractivity contribution in [3.8, 4) is 11.3 Å². The first-order valence-electron chi connectivity index (χ1n) is 8.01. The fourth-order valence-corrected chi connectivity index (χ4v) is 2.96. The molecule has 2 N–H and O–H groups in total. The minimum absolute atomic E-state index is 0.702. The van der Waals surface area contributed by atoms with Gasteiger partial charge in [0.15, 0.2) is 0 Å². The monoisotopic (exact) mass is 293 g/mol. The van der Waals surface area contributed by atoms with E-state index in [9.17, 15) is 0 Å². The number of hydrogen-bond acceptors (Lipinski definition) is 2. The second-order valence-corrected chi connectivity index (χ2v) is 5.71. The van der Waals surface area contributed by atoms with Crippen LogP contribution in [0.2, 0.25) is 0 Å². The molecule has 1 aromatic carbocycles. The van der Waals surface area contributed by atoms with Gasteiger partial charge in [-0.2, -0.15) is 0 Å². The summed E-state index contributed by atoms with van der Waals surface area (Å²) >= 11 is 0. The number of fused-ring (bicyclic) bond motifs is 1. The molecule has 0 spiro atoms. The van der Waals surface area contributed by atoms with Gasteiger partial charge in [-0.25, -0.2) is 4.98 Å². The average Bonchev–Trinajstić information content (AvgIpc) is 2.93. The summed E-state index contributed by atoms with van der Waals surface area (Å²) < 4.78 is 2.26. The Morgan fingerprint density at radius 2 is 1.86 bits per heavy atom. The molecule has 0 saturated heterocycles. The van der Waals surface area contributed by atoms with E-state index in [-0.39, 0.29) is 0 Å². The van der Waals surface area contributed by atoms with Gasteiger partial charge >= 0.3 is 0 Å². The fraction of sp³-hybridized carbons (Fsp3) is 0.316. The zero-order valence-corrected chi connectivity index (χ0v) is 13.3. The van der Waals surface area contributed by atoms with Gasteiger partial charge in [0.1, 0.15) is 5.65 Å². The van der Waals surface area contributed by atoms with Crippen molar-refractivity contribution in [3.63, 3.8) is 0 Å². The fourth-order valence-electron chi connectivity index (χ4n) is 2.96. The molecule has 2 aromatic heterocycles. The minimum Gasteiger partial charge on any atom is -0.330 e. The first-order chi connectivity index (χ1) is 10.7. The molecule has 3 heteroatoms. The topological polar surface area (TPSA) is 43.3 Å². The van der Waals surface area contributed by atoms with Crippen LogP contribution in [0, 0.1) is 6.92 Å². The van der Waals surface area contributed by atoms with E-state index in [1.54, 1.807) is 0 Å². The number of benzene rings is 1. The quantitative estimate of drug-likeness (QED) is 0.778. The molecule has 0 atom stereocenters. The highest BCUT2D eigenvalue weighted by molar-refractivity contribution is 5.67. The molecule has 114 valence electrons. The first-order valence-corrected chi connectivity index (χ1v) is 8.01. The molecule has 0 radical (unpaired) electrons. The number of nitrogens with zero attached hydrogens (tertiary/aromatic N) is 2. The molecule has 0 saturated carbocycles. The van der Waals surface area contributed by atoms with Crippen LogP contribution in [-0.4, -0.2) is 15.9 Å². The molecule has 0 fully saturated rings. The molecule has 0 aliphatic rings. The number of aromatic nitrogens is 2. The van der Waals surface area contributed by atoms with Crippen LogP contribution in [0.1, 0.15) is 30.3 Å². The summed E-state index contributed by atoms with van der Waals surface area (Å²) in [4.78, 5) is 4.87. The lowest BCUT2D eigenvalue weighted by Gasteiger charge is -2.07. The Hall–Kier alpha value is -2.13. The SMILES string of the molecule is CCc1ccc(-c2nc3cccc(C)n3c2CCCN)cc1. The number of nitrogens with two attached hydrogens (primary N) is 1. The molecule has 3 nitrogen and oxygen atoms in total. The molecule has 2 heterocycles. The van der Waals surface area contributed by atoms with Crippen LogP contribution in [0.15, 0.2) is 42.5 Å². The van der Waals surface area contributed by atoms with Gasteiger partial charge in [-0.1, -0.05) is 37.3 Å². The van der Waals surface area contributed by atoms with Gasteiger partial charge in [0.25, 0.3) is 0 Å². The van der Waals surface area contributed by atoms with Crippen LogP contribution < -0.4 is 5.73 Å². The normalized spacial score (nSPS) is 11.2. The molecular weight excluding hydrogens is 270 g/mol. The van der Waals surface area contributed by atoms with Crippen LogP contribution >= 0.6 is 0 Å². The van der Waals surface area contributed by atoms with Crippen LogP contribution in [-0.2, 0) is 12.8 Å². The van der Waals surface area contributed by atoms with E-state index < -0.39 is 0 Å². The smallest absolute Gasteiger partial charge is 0.137 e. The summed E-state index contributed by atoms with van der Waals surface area (Å²) in [5.74, 6) is 0. The number of pyridine rings is 1. The second-order valence-electron chi connectivity index (χ2n) is 5.71. The summed E-state index contributed by atoms with van der Waals surface area (Å²) in [6.07, 6.45) is 2.99. The number of imidazole rings is 1. The number of aryl methyl sites for hydroxylation is 3. The Balaban J connectivity index is 2.16. The zero-order valence-electron chi connectivity index (χ0n) is 13.3. The largest absolute Gasteiger partial charge is 0.330 e. The summed E-state index contributed by atoms with van der Waals surface area (Å²) in [5.41, 5.74) is 12.9. The Morgan fingerprint density at radius 1 is 1.09 bits per heavy atom. The highest BCUT2D eigenvalue weighted by atomic mass is 15.0. The molecule has 22 heavy (non-hydrogen) atoms. The zero-order chi connectivity index (χ0) is 15.5. The van der Waals surface area contributed by atoms with Crippen LogP contribution in [0.5, 0.6) is 0 Å². The second kappa shape index (κ2) is 6.32. The summed E-state index contributed by atoms with van der Waals surface area (Å²) in [5, 5.41) is 0. The highest BCUT2D eigenvalue weighted by Crippen LogP contribution is 2.27. The van der Waals surface area contributed by atoms with E-state index >= 15 is 0 Å². The average molecular weight is 293 g/mol. The lowest BCUT2D eigenvalue weighted by atomic mass is 10.0. The van der Waals surface area contributed by atoms with Gasteiger partial charge in [0.2, 0.25) is 0 Å². The van der Waals surface area contributed by atoms with Crippen molar-refractivity contribution in [1.29, 1.82) is 0 Å². The van der Waals surface area contributed by atoms with E-state index in [4.69, 9.17) is 10.7 Å². The van der Waals surface area contributed by atoms with E-state index in [1.807, 2.05) is 0 Å². The lowest BCUT2D eigenvalue weighted by Crippen LogP contribution is -2.04. The minimum atomic E-state index is 0.702.